The molecule has 2 nitrogen and oxygen atoms in total. The Morgan fingerprint density at radius 2 is 2.15 bits per heavy atom. The molecule has 2 rings (SSSR count). The van der Waals surface area contributed by atoms with Gasteiger partial charge in [0.25, 0.3) is 0 Å². The van der Waals surface area contributed by atoms with Gasteiger partial charge >= 0.3 is 0 Å². The first-order valence-corrected chi connectivity index (χ1v) is 5.78. The lowest BCUT2D eigenvalue weighted by molar-refractivity contribution is 0.315. The maximum Gasteiger partial charge on any atom is 0.00697 e. The van der Waals surface area contributed by atoms with E-state index in [9.17, 15) is 0 Å². The molecule has 0 bridgehead atoms. The summed E-state index contributed by atoms with van der Waals surface area (Å²) in [5, 5.41) is 7.00. The van der Waals surface area contributed by atoms with Gasteiger partial charge in [-0.05, 0) is 57.2 Å². The smallest absolute Gasteiger partial charge is 0.00697 e. The summed E-state index contributed by atoms with van der Waals surface area (Å²) in [7, 11) is 0. The fourth-order valence-corrected chi connectivity index (χ4v) is 2.44. The second-order valence-electron chi connectivity index (χ2n) is 4.88. The molecule has 2 fully saturated rings. The quantitative estimate of drug-likeness (QED) is 0.686. The summed E-state index contributed by atoms with van der Waals surface area (Å²) in [6.07, 6.45) is 5.62. The van der Waals surface area contributed by atoms with Gasteiger partial charge in [0.1, 0.15) is 0 Å². The fraction of sp³-hybridized carbons (Fsp3) is 1.00. The van der Waals surface area contributed by atoms with Gasteiger partial charge in [-0.1, -0.05) is 6.92 Å². The molecule has 0 radical (unpaired) electrons. The molecule has 2 unspecified atom stereocenters. The van der Waals surface area contributed by atoms with Crippen molar-refractivity contribution < 1.29 is 0 Å². The molecule has 1 saturated carbocycles. The predicted octanol–water partition coefficient (Wildman–Crippen LogP) is 1.37. The molecule has 0 aromatic rings. The molecule has 2 heteroatoms. The van der Waals surface area contributed by atoms with Crippen molar-refractivity contribution in [1.29, 1.82) is 0 Å². The minimum absolute atomic E-state index is 0.836. The zero-order valence-corrected chi connectivity index (χ0v) is 8.68. The Balaban J connectivity index is 1.52. The first kappa shape index (κ1) is 9.47. The Kier molecular flexibility index (Phi) is 3.23. The zero-order valence-electron chi connectivity index (χ0n) is 8.68. The van der Waals surface area contributed by atoms with Crippen molar-refractivity contribution in [3.05, 3.63) is 0 Å². The van der Waals surface area contributed by atoms with E-state index in [4.69, 9.17) is 0 Å². The van der Waals surface area contributed by atoms with Crippen molar-refractivity contribution in [2.45, 2.75) is 38.6 Å². The van der Waals surface area contributed by atoms with E-state index >= 15 is 0 Å². The lowest BCUT2D eigenvalue weighted by Gasteiger charge is -2.27. The van der Waals surface area contributed by atoms with Crippen molar-refractivity contribution in [1.82, 2.24) is 10.6 Å². The summed E-state index contributed by atoms with van der Waals surface area (Å²) in [5.41, 5.74) is 0. The Hall–Kier alpha value is -0.0800. The Morgan fingerprint density at radius 1 is 1.31 bits per heavy atom. The number of nitrogens with one attached hydrogen (secondary N) is 2. The summed E-state index contributed by atoms with van der Waals surface area (Å²) >= 11 is 0. The van der Waals surface area contributed by atoms with Crippen LogP contribution < -0.4 is 10.6 Å². The Labute approximate surface area is 81.5 Å². The highest BCUT2D eigenvalue weighted by Crippen LogP contribution is 2.24. The molecule has 13 heavy (non-hydrogen) atoms. The molecule has 1 aliphatic heterocycles. The van der Waals surface area contributed by atoms with Gasteiger partial charge in [0.05, 0.1) is 0 Å². The van der Waals surface area contributed by atoms with Crippen LogP contribution in [0.15, 0.2) is 0 Å². The van der Waals surface area contributed by atoms with E-state index in [0.29, 0.717) is 0 Å². The van der Waals surface area contributed by atoms with Crippen LogP contribution in [0.2, 0.25) is 0 Å². The van der Waals surface area contributed by atoms with Gasteiger partial charge in [0.2, 0.25) is 0 Å². The third kappa shape index (κ3) is 2.68. The Bertz CT molecular complexity index is 154. The molecule has 2 N–H and O–H groups in total. The number of hydrogen-bond donors (Lipinski definition) is 2. The molecule has 0 aromatic carbocycles. The predicted molar refractivity (Wildman–Crippen MR) is 55.8 cm³/mol. The molecule has 1 saturated heterocycles. The average molecular weight is 182 g/mol. The van der Waals surface area contributed by atoms with Crippen molar-refractivity contribution in [3.8, 4) is 0 Å². The van der Waals surface area contributed by atoms with E-state index < -0.39 is 0 Å². The fourth-order valence-electron chi connectivity index (χ4n) is 2.44. The minimum atomic E-state index is 0.836. The maximum absolute atomic E-state index is 3.68. The van der Waals surface area contributed by atoms with Crippen LogP contribution >= 0.6 is 0 Å². The number of rotatable bonds is 4. The summed E-state index contributed by atoms with van der Waals surface area (Å²) in [6, 6.07) is 0.836. The second kappa shape index (κ2) is 4.43. The van der Waals surface area contributed by atoms with E-state index in [0.717, 1.165) is 17.9 Å². The van der Waals surface area contributed by atoms with Crippen LogP contribution in [0.25, 0.3) is 0 Å². The topological polar surface area (TPSA) is 24.1 Å². The van der Waals surface area contributed by atoms with Crippen molar-refractivity contribution in [2.24, 2.45) is 11.8 Å². The standard InChI is InChI=1S/C11H22N2/c1-9-2-3-11(6-9)13-5-4-10-7-12-8-10/h9-13H,2-8H2,1H3. The van der Waals surface area contributed by atoms with Crippen molar-refractivity contribution in [2.75, 3.05) is 19.6 Å². The summed E-state index contributed by atoms with van der Waals surface area (Å²) < 4.78 is 0. The van der Waals surface area contributed by atoms with Gasteiger partial charge in [-0.2, -0.15) is 0 Å². The zero-order chi connectivity index (χ0) is 9.10. The molecule has 0 amide bonds. The first-order valence-electron chi connectivity index (χ1n) is 5.78. The van der Waals surface area contributed by atoms with Crippen LogP contribution in [0.5, 0.6) is 0 Å². The lowest BCUT2D eigenvalue weighted by Crippen LogP contribution is -2.43. The molecule has 0 spiro atoms. The van der Waals surface area contributed by atoms with Crippen molar-refractivity contribution in [3.63, 3.8) is 0 Å². The third-order valence-corrected chi connectivity index (χ3v) is 3.55. The molecule has 1 aliphatic carbocycles. The van der Waals surface area contributed by atoms with E-state index in [1.807, 2.05) is 0 Å². The van der Waals surface area contributed by atoms with Crippen LogP contribution in [-0.2, 0) is 0 Å². The van der Waals surface area contributed by atoms with Crippen LogP contribution in [-0.4, -0.2) is 25.7 Å². The van der Waals surface area contributed by atoms with Gasteiger partial charge in [-0.15, -0.1) is 0 Å². The summed E-state index contributed by atoms with van der Waals surface area (Å²) in [5.74, 6) is 1.93. The molecule has 76 valence electrons. The van der Waals surface area contributed by atoms with Crippen LogP contribution in [0.3, 0.4) is 0 Å². The van der Waals surface area contributed by atoms with Crippen LogP contribution in [0, 0.1) is 11.8 Å². The molecule has 2 atom stereocenters. The van der Waals surface area contributed by atoms with Gasteiger partial charge in [0, 0.05) is 6.04 Å². The summed E-state index contributed by atoms with van der Waals surface area (Å²) in [6.45, 7) is 6.12. The SMILES string of the molecule is CC1CCC(NCCC2CNC2)C1. The van der Waals surface area contributed by atoms with E-state index in [1.54, 1.807) is 0 Å². The molecule has 0 aromatic heterocycles. The van der Waals surface area contributed by atoms with E-state index in [-0.39, 0.29) is 0 Å². The molecular formula is C11H22N2. The largest absolute Gasteiger partial charge is 0.316 e. The van der Waals surface area contributed by atoms with E-state index in [2.05, 4.69) is 17.6 Å². The highest BCUT2D eigenvalue weighted by atomic mass is 15.0. The highest BCUT2D eigenvalue weighted by Gasteiger charge is 2.21. The average Bonchev–Trinajstić information content (AvgIpc) is 2.42. The first-order chi connectivity index (χ1) is 6.34. The van der Waals surface area contributed by atoms with Gasteiger partial charge < -0.3 is 10.6 Å². The lowest BCUT2D eigenvalue weighted by atomic mass is 9.99. The van der Waals surface area contributed by atoms with Gasteiger partial charge in [0.15, 0.2) is 0 Å². The third-order valence-electron chi connectivity index (χ3n) is 3.55. The maximum atomic E-state index is 3.68. The number of hydrogen-bond acceptors (Lipinski definition) is 2. The van der Waals surface area contributed by atoms with Crippen LogP contribution in [0.1, 0.15) is 32.6 Å². The Morgan fingerprint density at radius 3 is 2.69 bits per heavy atom. The monoisotopic (exact) mass is 182 g/mol. The second-order valence-corrected chi connectivity index (χ2v) is 4.88. The molecular weight excluding hydrogens is 160 g/mol. The van der Waals surface area contributed by atoms with E-state index in [1.165, 1.54) is 45.3 Å². The normalized spacial score (nSPS) is 34.8. The molecule has 1 heterocycles. The van der Waals surface area contributed by atoms with Gasteiger partial charge in [-0.3, -0.25) is 0 Å². The van der Waals surface area contributed by atoms with Gasteiger partial charge in [-0.25, -0.2) is 0 Å². The summed E-state index contributed by atoms with van der Waals surface area (Å²) in [4.78, 5) is 0. The molecule has 2 aliphatic rings. The van der Waals surface area contributed by atoms with Crippen molar-refractivity contribution >= 4 is 0 Å². The van der Waals surface area contributed by atoms with Crippen LogP contribution in [0.4, 0.5) is 0 Å². The highest BCUT2D eigenvalue weighted by molar-refractivity contribution is 4.80. The minimum Gasteiger partial charge on any atom is -0.316 e.